The Hall–Kier alpha value is -1.55. The van der Waals surface area contributed by atoms with Gasteiger partial charge >= 0.3 is 0 Å². The zero-order valence-electron chi connectivity index (χ0n) is 7.40. The van der Waals surface area contributed by atoms with Crippen LogP contribution in [0.1, 0.15) is 12.5 Å². The second-order valence-corrected chi connectivity index (χ2v) is 2.97. The Labute approximate surface area is 85.6 Å². The summed E-state index contributed by atoms with van der Waals surface area (Å²) in [5, 5.41) is 19.6. The summed E-state index contributed by atoms with van der Waals surface area (Å²) < 4.78 is 0. The number of aromatic hydroxyl groups is 1. The monoisotopic (exact) mass is 213 g/mol. The third kappa shape index (κ3) is 1.85. The van der Waals surface area contributed by atoms with Gasteiger partial charge < -0.3 is 5.11 Å². The third-order valence-electron chi connectivity index (χ3n) is 1.66. The van der Waals surface area contributed by atoms with E-state index in [9.17, 15) is 15.2 Å². The van der Waals surface area contributed by atoms with Crippen LogP contribution in [0.2, 0.25) is 5.02 Å². The van der Waals surface area contributed by atoms with Crippen molar-refractivity contribution in [2.45, 2.75) is 6.92 Å². The van der Waals surface area contributed by atoms with Crippen LogP contribution in [0.5, 0.6) is 5.75 Å². The van der Waals surface area contributed by atoms with Crippen LogP contribution in [0, 0.1) is 10.1 Å². The van der Waals surface area contributed by atoms with Crippen molar-refractivity contribution in [2.75, 3.05) is 0 Å². The zero-order chi connectivity index (χ0) is 10.7. The maximum absolute atomic E-state index is 10.6. The fourth-order valence-corrected chi connectivity index (χ4v) is 1.31. The van der Waals surface area contributed by atoms with Crippen LogP contribution < -0.4 is 0 Å². The first-order valence-electron chi connectivity index (χ1n) is 3.86. The molecule has 0 saturated heterocycles. The van der Waals surface area contributed by atoms with Crippen LogP contribution >= 0.6 is 11.6 Å². The third-order valence-corrected chi connectivity index (χ3v) is 2.03. The van der Waals surface area contributed by atoms with Gasteiger partial charge in [0.1, 0.15) is 5.75 Å². The van der Waals surface area contributed by atoms with Crippen LogP contribution in [0.15, 0.2) is 18.2 Å². The molecule has 1 rings (SSSR count). The Balaban J connectivity index is 3.45. The molecule has 0 aliphatic rings. The number of hydrogen-bond acceptors (Lipinski definition) is 3. The number of nitrogens with zero attached hydrogens (tertiary/aromatic N) is 1. The van der Waals surface area contributed by atoms with E-state index in [1.807, 2.05) is 0 Å². The van der Waals surface area contributed by atoms with E-state index in [4.69, 9.17) is 11.6 Å². The highest BCUT2D eigenvalue weighted by atomic mass is 35.5. The van der Waals surface area contributed by atoms with Crippen LogP contribution in [-0.4, -0.2) is 10.0 Å². The maximum Gasteiger partial charge on any atom is 0.298 e. The van der Waals surface area contributed by atoms with E-state index in [2.05, 4.69) is 0 Å². The van der Waals surface area contributed by atoms with Gasteiger partial charge in [-0.1, -0.05) is 23.8 Å². The molecule has 74 valence electrons. The van der Waals surface area contributed by atoms with Crippen molar-refractivity contribution in [3.05, 3.63) is 38.9 Å². The largest absolute Gasteiger partial charge is 0.506 e. The molecule has 0 unspecified atom stereocenters. The van der Waals surface area contributed by atoms with Crippen molar-refractivity contribution in [3.63, 3.8) is 0 Å². The second kappa shape index (κ2) is 4.11. The minimum Gasteiger partial charge on any atom is -0.506 e. The van der Waals surface area contributed by atoms with Crippen molar-refractivity contribution in [2.24, 2.45) is 0 Å². The quantitative estimate of drug-likeness (QED) is 0.607. The predicted molar refractivity (Wildman–Crippen MR) is 54.5 cm³/mol. The van der Waals surface area contributed by atoms with Gasteiger partial charge in [-0.05, 0) is 19.1 Å². The van der Waals surface area contributed by atoms with Crippen molar-refractivity contribution < 1.29 is 10.0 Å². The molecular formula is C9H8ClNO3. The predicted octanol–water partition coefficient (Wildman–Crippen LogP) is 2.99. The van der Waals surface area contributed by atoms with E-state index in [0.717, 1.165) is 0 Å². The fraction of sp³-hybridized carbons (Fsp3) is 0.111. The van der Waals surface area contributed by atoms with Gasteiger partial charge in [-0.25, -0.2) is 0 Å². The van der Waals surface area contributed by atoms with Gasteiger partial charge in [0, 0.05) is 0 Å². The van der Waals surface area contributed by atoms with Crippen LogP contribution in [-0.2, 0) is 0 Å². The maximum atomic E-state index is 10.6. The Bertz CT molecular complexity index is 401. The van der Waals surface area contributed by atoms with E-state index in [0.29, 0.717) is 5.56 Å². The van der Waals surface area contributed by atoms with Gasteiger partial charge in [-0.2, -0.15) is 0 Å². The number of halogens is 1. The van der Waals surface area contributed by atoms with Crippen LogP contribution in [0.3, 0.4) is 0 Å². The minimum absolute atomic E-state index is 0.231. The van der Waals surface area contributed by atoms with Gasteiger partial charge in [0.2, 0.25) is 0 Å². The molecule has 0 fully saturated rings. The molecule has 0 saturated carbocycles. The molecule has 0 aliphatic heterocycles. The standard InChI is InChI=1S/C9H8ClNO3/c1-2-3-6-4-5-7(12)8(10)9(6)11(13)14/h2-5,12H,1H3. The summed E-state index contributed by atoms with van der Waals surface area (Å²) >= 11 is 5.60. The lowest BCUT2D eigenvalue weighted by atomic mass is 10.1. The summed E-state index contributed by atoms with van der Waals surface area (Å²) in [6.45, 7) is 1.74. The molecule has 1 aromatic carbocycles. The van der Waals surface area contributed by atoms with Gasteiger partial charge in [0.25, 0.3) is 5.69 Å². The average Bonchev–Trinajstić information content (AvgIpc) is 2.11. The molecule has 1 N–H and O–H groups in total. The van der Waals surface area contributed by atoms with Crippen LogP contribution in [0.4, 0.5) is 5.69 Å². The zero-order valence-corrected chi connectivity index (χ0v) is 8.15. The summed E-state index contributed by atoms with van der Waals surface area (Å²) in [5.74, 6) is -0.286. The number of rotatable bonds is 2. The Morgan fingerprint density at radius 1 is 1.57 bits per heavy atom. The first-order chi connectivity index (χ1) is 6.57. The number of phenols is 1. The van der Waals surface area contributed by atoms with Gasteiger partial charge in [0.05, 0.1) is 10.5 Å². The molecule has 0 heterocycles. The van der Waals surface area contributed by atoms with Gasteiger partial charge in [0.15, 0.2) is 5.02 Å². The fourth-order valence-electron chi connectivity index (χ4n) is 1.07. The molecule has 0 atom stereocenters. The molecule has 0 aromatic heterocycles. The van der Waals surface area contributed by atoms with Gasteiger partial charge in [-0.15, -0.1) is 0 Å². The Kier molecular flexibility index (Phi) is 3.09. The van der Waals surface area contributed by atoms with Crippen molar-refractivity contribution >= 4 is 23.4 Å². The summed E-state index contributed by atoms with van der Waals surface area (Å²) in [4.78, 5) is 10.0. The Morgan fingerprint density at radius 3 is 2.71 bits per heavy atom. The number of nitro groups is 1. The van der Waals surface area contributed by atoms with E-state index < -0.39 is 4.92 Å². The number of benzene rings is 1. The van der Waals surface area contributed by atoms with Crippen molar-refractivity contribution in [1.82, 2.24) is 0 Å². The van der Waals surface area contributed by atoms with Crippen molar-refractivity contribution in [3.8, 4) is 5.75 Å². The molecule has 14 heavy (non-hydrogen) atoms. The molecule has 0 aliphatic carbocycles. The lowest BCUT2D eigenvalue weighted by molar-refractivity contribution is -0.385. The van der Waals surface area contributed by atoms with Gasteiger partial charge in [-0.3, -0.25) is 10.1 Å². The number of nitro benzene ring substituents is 1. The van der Waals surface area contributed by atoms with E-state index in [-0.39, 0.29) is 16.5 Å². The summed E-state index contributed by atoms with van der Waals surface area (Å²) in [6, 6.07) is 2.77. The summed E-state index contributed by atoms with van der Waals surface area (Å²) in [6.07, 6.45) is 3.22. The van der Waals surface area contributed by atoms with E-state index in [1.54, 1.807) is 19.1 Å². The molecule has 0 amide bonds. The molecule has 0 bridgehead atoms. The minimum atomic E-state index is -0.614. The second-order valence-electron chi connectivity index (χ2n) is 2.59. The number of hydrogen-bond donors (Lipinski definition) is 1. The van der Waals surface area contributed by atoms with Crippen LogP contribution in [0.25, 0.3) is 6.08 Å². The SMILES string of the molecule is CC=Cc1ccc(O)c(Cl)c1[N+](=O)[O-]. The lowest BCUT2D eigenvalue weighted by Crippen LogP contribution is -1.92. The van der Waals surface area contributed by atoms with E-state index >= 15 is 0 Å². The molecule has 4 nitrogen and oxygen atoms in total. The first kappa shape index (κ1) is 10.5. The highest BCUT2D eigenvalue weighted by molar-refractivity contribution is 6.34. The lowest BCUT2D eigenvalue weighted by Gasteiger charge is -2.01. The number of allylic oxidation sites excluding steroid dienone is 1. The molecule has 5 heteroatoms. The smallest absolute Gasteiger partial charge is 0.298 e. The normalized spacial score (nSPS) is 10.7. The highest BCUT2D eigenvalue weighted by Gasteiger charge is 2.19. The summed E-state index contributed by atoms with van der Waals surface area (Å²) in [7, 11) is 0. The van der Waals surface area contributed by atoms with Crippen molar-refractivity contribution in [1.29, 1.82) is 0 Å². The molecule has 0 spiro atoms. The highest BCUT2D eigenvalue weighted by Crippen LogP contribution is 2.36. The molecule has 0 radical (unpaired) electrons. The molecule has 1 aromatic rings. The molecular weight excluding hydrogens is 206 g/mol. The first-order valence-corrected chi connectivity index (χ1v) is 4.24. The topological polar surface area (TPSA) is 63.4 Å². The Morgan fingerprint density at radius 2 is 2.21 bits per heavy atom. The van der Waals surface area contributed by atoms with E-state index in [1.165, 1.54) is 12.1 Å². The average molecular weight is 214 g/mol. The number of phenolic OH excluding ortho intramolecular Hbond substituents is 1. The summed E-state index contributed by atoms with van der Waals surface area (Å²) in [5.41, 5.74) is 0.102.